The fourth-order valence-electron chi connectivity index (χ4n) is 4.67. The van der Waals surface area contributed by atoms with E-state index in [9.17, 15) is 23.9 Å². The monoisotopic (exact) mass is 545 g/mol. The number of amides is 3. The summed E-state index contributed by atoms with van der Waals surface area (Å²) in [5.74, 6) is -1.54. The van der Waals surface area contributed by atoms with Gasteiger partial charge in [-0.25, -0.2) is 4.39 Å². The molecular formula is C28H28FN7O4. The Balaban J connectivity index is 1.38. The highest BCUT2D eigenvalue weighted by atomic mass is 19.1. The molecule has 3 N–H and O–H groups in total. The molecule has 1 aliphatic rings. The number of pyridine rings is 1. The number of aromatic nitrogens is 4. The predicted octanol–water partition coefficient (Wildman–Crippen LogP) is 2.35. The number of nitrogens with zero attached hydrogens (tertiary/aromatic N) is 5. The Morgan fingerprint density at radius 1 is 0.925 bits per heavy atom. The molecule has 3 amide bonds. The summed E-state index contributed by atoms with van der Waals surface area (Å²) in [5, 5.41) is 27.5. The van der Waals surface area contributed by atoms with Crippen LogP contribution in [0.25, 0.3) is 16.8 Å². The Morgan fingerprint density at radius 2 is 1.77 bits per heavy atom. The van der Waals surface area contributed by atoms with E-state index < -0.39 is 11.7 Å². The van der Waals surface area contributed by atoms with Gasteiger partial charge in [-0.3, -0.25) is 14.4 Å². The Kier molecular flexibility index (Phi) is 7.94. The number of hydrogen-bond acceptors (Lipinski definition) is 7. The molecule has 0 saturated heterocycles. The number of benzene rings is 2. The first-order chi connectivity index (χ1) is 19.4. The summed E-state index contributed by atoms with van der Waals surface area (Å²) >= 11 is 0. The van der Waals surface area contributed by atoms with Crippen LogP contribution in [0.15, 0.2) is 54.6 Å². The largest absolute Gasteiger partial charge is 0.507 e. The molecule has 0 fully saturated rings. The van der Waals surface area contributed by atoms with Crippen LogP contribution in [0.3, 0.4) is 0 Å². The highest BCUT2D eigenvalue weighted by Gasteiger charge is 2.20. The number of carbonyl (C=O) groups excluding carboxylic acids is 3. The first-order valence-electron chi connectivity index (χ1n) is 13.0. The van der Waals surface area contributed by atoms with E-state index >= 15 is 0 Å². The molecule has 0 spiro atoms. The third kappa shape index (κ3) is 5.90. The van der Waals surface area contributed by atoms with Crippen LogP contribution in [0.5, 0.6) is 5.75 Å². The summed E-state index contributed by atoms with van der Waals surface area (Å²) in [6.07, 6.45) is 1.55. The van der Waals surface area contributed by atoms with Crippen molar-refractivity contribution in [1.82, 2.24) is 35.6 Å². The molecule has 12 heteroatoms. The number of aromatic hydroxyl groups is 1. The average molecular weight is 546 g/mol. The molecule has 0 unspecified atom stereocenters. The van der Waals surface area contributed by atoms with Crippen molar-refractivity contribution in [3.63, 3.8) is 0 Å². The van der Waals surface area contributed by atoms with E-state index in [0.29, 0.717) is 50.2 Å². The third-order valence-corrected chi connectivity index (χ3v) is 6.77. The molecule has 5 rings (SSSR count). The maximum atomic E-state index is 14.8. The molecule has 206 valence electrons. The highest BCUT2D eigenvalue weighted by molar-refractivity contribution is 5.96. The van der Waals surface area contributed by atoms with E-state index in [0.717, 1.165) is 5.56 Å². The SMILES string of the molecule is O=C1CCCN(C(=O)c2cccc3nnnn23)CCCNC(=O)c2ccc(F)c(c2)-c2cc(ccc2O)CCN1. The van der Waals surface area contributed by atoms with Gasteiger partial charge in [0.1, 0.15) is 17.3 Å². The molecule has 11 nitrogen and oxygen atoms in total. The number of tetrazole rings is 1. The quantitative estimate of drug-likeness (QED) is 0.333. The van der Waals surface area contributed by atoms with Gasteiger partial charge >= 0.3 is 0 Å². The van der Waals surface area contributed by atoms with Crippen LogP contribution < -0.4 is 10.6 Å². The molecule has 4 aromatic rings. The maximum Gasteiger partial charge on any atom is 0.272 e. The number of fused-ring (bicyclic) bond motifs is 6. The summed E-state index contributed by atoms with van der Waals surface area (Å²) in [7, 11) is 0. The molecule has 40 heavy (non-hydrogen) atoms. The number of hydrogen-bond donors (Lipinski definition) is 3. The first kappa shape index (κ1) is 26.7. The molecule has 2 aromatic heterocycles. The van der Waals surface area contributed by atoms with Crippen LogP contribution in [-0.2, 0) is 11.2 Å². The number of rotatable bonds is 1. The lowest BCUT2D eigenvalue weighted by Gasteiger charge is -2.23. The lowest BCUT2D eigenvalue weighted by atomic mass is 9.98. The van der Waals surface area contributed by atoms with Gasteiger partial charge in [-0.2, -0.15) is 4.52 Å². The van der Waals surface area contributed by atoms with Crippen molar-refractivity contribution in [3.05, 3.63) is 77.2 Å². The van der Waals surface area contributed by atoms with Crippen molar-refractivity contribution in [2.45, 2.75) is 25.7 Å². The maximum absolute atomic E-state index is 14.8. The number of phenolic OH excluding ortho intramolecular Hbond substituents is 1. The van der Waals surface area contributed by atoms with Gasteiger partial charge in [0.15, 0.2) is 5.65 Å². The Hall–Kier alpha value is -4.87. The Labute approximate surface area is 229 Å². The molecule has 0 saturated carbocycles. The lowest BCUT2D eigenvalue weighted by molar-refractivity contribution is -0.121. The normalized spacial score (nSPS) is 15.5. The highest BCUT2D eigenvalue weighted by Crippen LogP contribution is 2.33. The summed E-state index contributed by atoms with van der Waals surface area (Å²) in [6.45, 7) is 1.23. The second-order valence-corrected chi connectivity index (χ2v) is 9.51. The Morgan fingerprint density at radius 3 is 2.65 bits per heavy atom. The van der Waals surface area contributed by atoms with E-state index in [4.69, 9.17) is 0 Å². The van der Waals surface area contributed by atoms with E-state index in [1.807, 2.05) is 0 Å². The fraction of sp³-hybridized carbons (Fsp3) is 0.286. The van der Waals surface area contributed by atoms with Gasteiger partial charge in [0.2, 0.25) is 5.91 Å². The van der Waals surface area contributed by atoms with Gasteiger partial charge in [-0.05, 0) is 77.7 Å². The van der Waals surface area contributed by atoms with Crippen LogP contribution in [0.4, 0.5) is 4.39 Å². The summed E-state index contributed by atoms with van der Waals surface area (Å²) in [5.41, 5.74) is 2.12. The predicted molar refractivity (Wildman–Crippen MR) is 143 cm³/mol. The minimum Gasteiger partial charge on any atom is -0.507 e. The van der Waals surface area contributed by atoms with Crippen molar-refractivity contribution >= 4 is 23.4 Å². The number of phenols is 1. The van der Waals surface area contributed by atoms with Crippen LogP contribution >= 0.6 is 0 Å². The van der Waals surface area contributed by atoms with Crippen LogP contribution in [0.2, 0.25) is 0 Å². The van der Waals surface area contributed by atoms with Crippen LogP contribution in [-0.4, -0.2) is 73.9 Å². The van der Waals surface area contributed by atoms with Gasteiger partial charge in [0.25, 0.3) is 11.8 Å². The van der Waals surface area contributed by atoms with Crippen molar-refractivity contribution in [3.8, 4) is 16.9 Å². The molecule has 0 atom stereocenters. The summed E-state index contributed by atoms with van der Waals surface area (Å²) in [4.78, 5) is 40.5. The number of halogens is 1. The van der Waals surface area contributed by atoms with E-state index in [-0.39, 0.29) is 47.2 Å². The van der Waals surface area contributed by atoms with Gasteiger partial charge in [0.05, 0.1) is 0 Å². The Bertz CT molecular complexity index is 1570. The average Bonchev–Trinajstić information content (AvgIpc) is 3.44. The standard InChI is InChI=1S/C28H28FN7O4/c29-22-9-8-19-17-20(22)21-16-18(7-10-24(21)37)11-13-30-26(38)6-2-14-35(15-3-12-31-27(19)39)28(40)23-4-1-5-25-32-33-34-36(23)25/h1,4-5,7-10,16-17,37H,2-3,6,11-15H2,(H,30,38)(H,31,39). The number of nitrogens with one attached hydrogen (secondary N) is 2. The molecule has 0 radical (unpaired) electrons. The van der Waals surface area contributed by atoms with Gasteiger partial charge < -0.3 is 20.6 Å². The second kappa shape index (κ2) is 11.9. The zero-order valence-corrected chi connectivity index (χ0v) is 21.6. The lowest BCUT2D eigenvalue weighted by Crippen LogP contribution is -2.37. The topological polar surface area (TPSA) is 142 Å². The first-order valence-corrected chi connectivity index (χ1v) is 13.0. The van der Waals surface area contributed by atoms with Crippen molar-refractivity contribution in [1.29, 1.82) is 0 Å². The van der Waals surface area contributed by atoms with Crippen molar-refractivity contribution in [2.24, 2.45) is 0 Å². The molecule has 2 aromatic carbocycles. The third-order valence-electron chi connectivity index (χ3n) is 6.77. The molecule has 3 heterocycles. The molecule has 4 bridgehead atoms. The summed E-state index contributed by atoms with van der Waals surface area (Å²) < 4.78 is 16.1. The van der Waals surface area contributed by atoms with E-state index in [1.54, 1.807) is 35.2 Å². The number of carbonyl (C=O) groups is 3. The zero-order chi connectivity index (χ0) is 28.1. The van der Waals surface area contributed by atoms with Crippen LogP contribution in [0, 0.1) is 5.82 Å². The van der Waals surface area contributed by atoms with Gasteiger partial charge in [0, 0.05) is 49.3 Å². The van der Waals surface area contributed by atoms with Crippen molar-refractivity contribution in [2.75, 3.05) is 26.2 Å². The van der Waals surface area contributed by atoms with Gasteiger partial charge in [-0.15, -0.1) is 5.10 Å². The van der Waals surface area contributed by atoms with Crippen LogP contribution in [0.1, 0.15) is 45.7 Å². The smallest absolute Gasteiger partial charge is 0.272 e. The summed E-state index contributed by atoms with van der Waals surface area (Å²) in [6, 6.07) is 13.8. The minimum absolute atomic E-state index is 0.0995. The van der Waals surface area contributed by atoms with E-state index in [1.165, 1.54) is 28.8 Å². The van der Waals surface area contributed by atoms with E-state index in [2.05, 4.69) is 26.2 Å². The fourth-order valence-corrected chi connectivity index (χ4v) is 4.67. The van der Waals surface area contributed by atoms with Gasteiger partial charge in [-0.1, -0.05) is 12.1 Å². The molecule has 0 aliphatic carbocycles. The molecular weight excluding hydrogens is 517 g/mol. The molecule has 1 aliphatic heterocycles. The van der Waals surface area contributed by atoms with Crippen molar-refractivity contribution < 1.29 is 23.9 Å². The minimum atomic E-state index is -0.574. The zero-order valence-electron chi connectivity index (χ0n) is 21.6. The second-order valence-electron chi connectivity index (χ2n) is 9.51.